The van der Waals surface area contributed by atoms with E-state index in [0.717, 1.165) is 5.56 Å². The highest BCUT2D eigenvalue weighted by Gasteiger charge is 2.34. The Labute approximate surface area is 105 Å². The lowest BCUT2D eigenvalue weighted by atomic mass is 10.1. The van der Waals surface area contributed by atoms with Gasteiger partial charge in [0.1, 0.15) is 6.35 Å². The Kier molecular flexibility index (Phi) is 4.23. The number of hydrogen-bond acceptors (Lipinski definition) is 4. The Balaban J connectivity index is 2.15. The van der Waals surface area contributed by atoms with Gasteiger partial charge < -0.3 is 9.26 Å². The van der Waals surface area contributed by atoms with Crippen LogP contribution in [0.25, 0.3) is 0 Å². The lowest BCUT2D eigenvalue weighted by molar-refractivity contribution is 0.0651. The van der Waals surface area contributed by atoms with Gasteiger partial charge in [0.15, 0.2) is 0 Å². The fourth-order valence-electron chi connectivity index (χ4n) is 1.74. The van der Waals surface area contributed by atoms with Crippen molar-refractivity contribution < 1.29 is 18.3 Å². The van der Waals surface area contributed by atoms with E-state index in [1.807, 2.05) is 18.2 Å². The smallest absolute Gasteiger partial charge is 0.356 e. The summed E-state index contributed by atoms with van der Waals surface area (Å²) >= 11 is 5.92. The normalized spacial score (nSPS) is 29.2. The first-order valence-electron chi connectivity index (χ1n) is 5.29. The lowest BCUT2D eigenvalue weighted by Gasteiger charge is -2.29. The topological polar surface area (TPSA) is 44.8 Å². The molecule has 1 aromatic carbocycles. The number of ether oxygens (including phenoxy) is 1. The molecular weight excluding hydrogens is 263 g/mol. The van der Waals surface area contributed by atoms with Crippen molar-refractivity contribution in [3.8, 4) is 0 Å². The van der Waals surface area contributed by atoms with Gasteiger partial charge in [0.05, 0.1) is 12.7 Å². The molecule has 0 aromatic heterocycles. The van der Waals surface area contributed by atoms with E-state index >= 15 is 0 Å². The molecule has 1 saturated heterocycles. The van der Waals surface area contributed by atoms with E-state index in [2.05, 4.69) is 0 Å². The quantitative estimate of drug-likeness (QED) is 0.791. The van der Waals surface area contributed by atoms with Crippen LogP contribution < -0.4 is 0 Å². The van der Waals surface area contributed by atoms with Crippen LogP contribution in [0.1, 0.15) is 18.1 Å². The van der Waals surface area contributed by atoms with Gasteiger partial charge in [-0.05, 0) is 17.7 Å². The average molecular weight is 277 g/mol. The molecule has 0 bridgehead atoms. The predicted octanol–water partition coefficient (Wildman–Crippen LogP) is 3.62. The van der Waals surface area contributed by atoms with Crippen LogP contribution in [0.5, 0.6) is 0 Å². The van der Waals surface area contributed by atoms with Crippen LogP contribution in [0.3, 0.4) is 0 Å². The van der Waals surface area contributed by atoms with Crippen molar-refractivity contribution in [1.82, 2.24) is 0 Å². The molecule has 0 radical (unpaired) electrons. The number of halogens is 1. The molecule has 1 fully saturated rings. The van der Waals surface area contributed by atoms with E-state index in [4.69, 9.17) is 25.4 Å². The maximum Gasteiger partial charge on any atom is 0.356 e. The molecule has 17 heavy (non-hydrogen) atoms. The van der Waals surface area contributed by atoms with Gasteiger partial charge in [0.2, 0.25) is 0 Å². The molecular formula is C11H14ClO4P. The molecule has 1 aromatic rings. The molecule has 2 atom stereocenters. The third-order valence-electron chi connectivity index (χ3n) is 2.46. The van der Waals surface area contributed by atoms with Gasteiger partial charge in [-0.15, -0.1) is 0 Å². The third kappa shape index (κ3) is 3.30. The second-order valence-electron chi connectivity index (χ2n) is 3.80. The van der Waals surface area contributed by atoms with Crippen molar-refractivity contribution in [3.05, 3.63) is 34.9 Å². The van der Waals surface area contributed by atoms with Crippen molar-refractivity contribution in [1.29, 1.82) is 0 Å². The maximum absolute atomic E-state index is 12.1. The molecule has 0 amide bonds. The van der Waals surface area contributed by atoms with Crippen molar-refractivity contribution in [2.45, 2.75) is 12.5 Å². The summed E-state index contributed by atoms with van der Waals surface area (Å²) in [6.07, 6.45) is 0.390. The van der Waals surface area contributed by atoms with Crippen LogP contribution >= 0.6 is 19.2 Å². The zero-order chi connectivity index (χ0) is 12.3. The van der Waals surface area contributed by atoms with Gasteiger partial charge in [0.25, 0.3) is 0 Å². The standard InChI is InChI=1S/C11H14ClO4P/c1-14-8-17(13)15-6-5-11(16-17)9-3-2-4-10(12)7-9/h2-4,7,11H,5-6,8H2,1H3/t11-,17?/m0/s1. The Hall–Kier alpha value is -0.380. The summed E-state index contributed by atoms with van der Waals surface area (Å²) in [6.45, 7) is 0.401. The number of methoxy groups -OCH3 is 1. The molecule has 0 N–H and O–H groups in total. The summed E-state index contributed by atoms with van der Waals surface area (Å²) in [5.41, 5.74) is 0.914. The number of hydrogen-bond donors (Lipinski definition) is 0. The van der Waals surface area contributed by atoms with Crippen molar-refractivity contribution in [2.24, 2.45) is 0 Å². The molecule has 0 spiro atoms. The first kappa shape index (κ1) is 13.1. The van der Waals surface area contributed by atoms with Crippen molar-refractivity contribution >= 4 is 19.2 Å². The third-order valence-corrected chi connectivity index (χ3v) is 4.42. The van der Waals surface area contributed by atoms with Crippen LogP contribution in [0, 0.1) is 0 Å². The molecule has 1 unspecified atom stereocenters. The fraction of sp³-hybridized carbons (Fsp3) is 0.455. The van der Waals surface area contributed by atoms with Gasteiger partial charge in [-0.3, -0.25) is 9.09 Å². The Morgan fingerprint density at radius 2 is 2.41 bits per heavy atom. The largest absolute Gasteiger partial charge is 0.372 e. The first-order valence-corrected chi connectivity index (χ1v) is 7.40. The monoisotopic (exact) mass is 276 g/mol. The Bertz CT molecular complexity index is 431. The Morgan fingerprint density at radius 1 is 1.59 bits per heavy atom. The molecule has 0 aliphatic carbocycles. The second kappa shape index (κ2) is 5.51. The summed E-state index contributed by atoms with van der Waals surface area (Å²) in [4.78, 5) is 0. The van der Waals surface area contributed by atoms with E-state index in [-0.39, 0.29) is 12.5 Å². The molecule has 2 rings (SSSR count). The van der Waals surface area contributed by atoms with Crippen LogP contribution in [-0.4, -0.2) is 20.1 Å². The van der Waals surface area contributed by atoms with Gasteiger partial charge in [0, 0.05) is 18.6 Å². The SMILES string of the molecule is COCP1(=O)OCC[C@@H](c2cccc(Cl)c2)O1. The summed E-state index contributed by atoms with van der Waals surface area (Å²) < 4.78 is 27.6. The first-order chi connectivity index (χ1) is 8.13. The molecule has 1 heterocycles. The summed E-state index contributed by atoms with van der Waals surface area (Å²) in [6, 6.07) is 7.35. The summed E-state index contributed by atoms with van der Waals surface area (Å²) in [5.74, 6) is 0. The van der Waals surface area contributed by atoms with Crippen LogP contribution in [0.4, 0.5) is 0 Å². The molecule has 0 saturated carbocycles. The van der Waals surface area contributed by atoms with Crippen LogP contribution in [0.15, 0.2) is 24.3 Å². The minimum Gasteiger partial charge on any atom is -0.372 e. The van der Waals surface area contributed by atoms with E-state index in [0.29, 0.717) is 18.1 Å². The van der Waals surface area contributed by atoms with Gasteiger partial charge in [-0.2, -0.15) is 0 Å². The highest BCUT2D eigenvalue weighted by Crippen LogP contribution is 2.55. The summed E-state index contributed by atoms with van der Waals surface area (Å²) in [7, 11) is -1.65. The molecule has 1 aliphatic heterocycles. The van der Waals surface area contributed by atoms with Crippen molar-refractivity contribution in [2.75, 3.05) is 20.1 Å². The zero-order valence-corrected chi connectivity index (χ0v) is 11.1. The lowest BCUT2D eigenvalue weighted by Crippen LogP contribution is -2.16. The maximum atomic E-state index is 12.1. The zero-order valence-electron chi connectivity index (χ0n) is 9.47. The number of benzene rings is 1. The molecule has 1 aliphatic rings. The van der Waals surface area contributed by atoms with Crippen LogP contribution in [-0.2, 0) is 18.3 Å². The van der Waals surface area contributed by atoms with Gasteiger partial charge in [-0.1, -0.05) is 23.7 Å². The minimum atomic E-state index is -3.12. The molecule has 4 nitrogen and oxygen atoms in total. The van der Waals surface area contributed by atoms with E-state index in [9.17, 15) is 4.57 Å². The van der Waals surface area contributed by atoms with Crippen LogP contribution in [0.2, 0.25) is 5.02 Å². The Morgan fingerprint density at radius 3 is 3.12 bits per heavy atom. The fourth-order valence-corrected chi connectivity index (χ4v) is 3.45. The second-order valence-corrected chi connectivity index (χ2v) is 6.19. The van der Waals surface area contributed by atoms with E-state index in [1.165, 1.54) is 7.11 Å². The van der Waals surface area contributed by atoms with E-state index < -0.39 is 7.60 Å². The highest BCUT2D eigenvalue weighted by molar-refractivity contribution is 7.53. The van der Waals surface area contributed by atoms with Gasteiger partial charge in [-0.25, -0.2) is 0 Å². The van der Waals surface area contributed by atoms with Gasteiger partial charge >= 0.3 is 7.60 Å². The highest BCUT2D eigenvalue weighted by atomic mass is 35.5. The average Bonchev–Trinajstić information content (AvgIpc) is 2.29. The predicted molar refractivity (Wildman–Crippen MR) is 65.3 cm³/mol. The van der Waals surface area contributed by atoms with Crippen molar-refractivity contribution in [3.63, 3.8) is 0 Å². The molecule has 94 valence electrons. The minimum absolute atomic E-state index is 0.0237. The summed E-state index contributed by atoms with van der Waals surface area (Å²) in [5, 5.41) is 0.638. The van der Waals surface area contributed by atoms with E-state index in [1.54, 1.807) is 6.07 Å². The molecule has 6 heteroatoms. The number of rotatable bonds is 3.